The van der Waals surface area contributed by atoms with Crippen molar-refractivity contribution in [1.82, 2.24) is 10.3 Å². The van der Waals surface area contributed by atoms with E-state index in [4.69, 9.17) is 16.0 Å². The molecule has 4 heteroatoms. The van der Waals surface area contributed by atoms with Crippen LogP contribution in [0.15, 0.2) is 22.6 Å². The molecule has 0 radical (unpaired) electrons. The van der Waals surface area contributed by atoms with E-state index in [0.717, 1.165) is 17.6 Å². The lowest BCUT2D eigenvalue weighted by Gasteiger charge is -2.21. The highest BCUT2D eigenvalue weighted by molar-refractivity contribution is 6.31. The molecule has 0 spiro atoms. The van der Waals surface area contributed by atoms with Gasteiger partial charge in [0.2, 0.25) is 5.89 Å². The minimum atomic E-state index is -0.264. The summed E-state index contributed by atoms with van der Waals surface area (Å²) in [5.74, 6) is 0.687. The molecule has 0 aliphatic heterocycles. The van der Waals surface area contributed by atoms with Crippen LogP contribution in [0.2, 0.25) is 5.02 Å². The van der Waals surface area contributed by atoms with Crippen molar-refractivity contribution in [3.63, 3.8) is 0 Å². The van der Waals surface area contributed by atoms with Crippen LogP contribution >= 0.6 is 11.6 Å². The fourth-order valence-corrected chi connectivity index (χ4v) is 1.85. The summed E-state index contributed by atoms with van der Waals surface area (Å²) >= 11 is 5.91. The first-order valence-electron chi connectivity index (χ1n) is 5.34. The topological polar surface area (TPSA) is 38.1 Å². The molecule has 0 aliphatic carbocycles. The second-order valence-electron chi connectivity index (χ2n) is 4.29. The molecule has 0 unspecified atom stereocenters. The van der Waals surface area contributed by atoms with Gasteiger partial charge in [-0.3, -0.25) is 0 Å². The summed E-state index contributed by atoms with van der Waals surface area (Å²) in [5.41, 5.74) is 1.30. The van der Waals surface area contributed by atoms with Crippen LogP contribution in [0, 0.1) is 0 Å². The third kappa shape index (κ3) is 2.06. The first kappa shape index (κ1) is 11.4. The molecule has 3 nitrogen and oxygen atoms in total. The van der Waals surface area contributed by atoms with Crippen molar-refractivity contribution in [1.29, 1.82) is 0 Å². The van der Waals surface area contributed by atoms with E-state index in [1.807, 2.05) is 26.0 Å². The Hall–Kier alpha value is -1.06. The zero-order valence-corrected chi connectivity index (χ0v) is 10.4. The van der Waals surface area contributed by atoms with Crippen LogP contribution in [0.25, 0.3) is 11.1 Å². The van der Waals surface area contributed by atoms with Crippen LogP contribution in [-0.2, 0) is 5.54 Å². The second kappa shape index (κ2) is 4.07. The molecule has 0 fully saturated rings. The molecule has 0 amide bonds. The van der Waals surface area contributed by atoms with E-state index in [9.17, 15) is 0 Å². The Morgan fingerprint density at radius 3 is 2.88 bits per heavy atom. The molecule has 0 bridgehead atoms. The van der Waals surface area contributed by atoms with Gasteiger partial charge in [-0.05, 0) is 38.6 Å². The molecular formula is C12H15ClN2O. The highest BCUT2D eigenvalue weighted by Gasteiger charge is 2.25. The number of fused-ring (bicyclic) bond motifs is 1. The summed E-state index contributed by atoms with van der Waals surface area (Å²) in [7, 11) is 0. The van der Waals surface area contributed by atoms with Gasteiger partial charge in [0, 0.05) is 5.02 Å². The predicted molar refractivity (Wildman–Crippen MR) is 65.7 cm³/mol. The van der Waals surface area contributed by atoms with Gasteiger partial charge in [-0.15, -0.1) is 0 Å². The number of oxazole rings is 1. The molecule has 0 atom stereocenters. The molecule has 16 heavy (non-hydrogen) atoms. The number of nitrogens with zero attached hydrogens (tertiary/aromatic N) is 1. The number of benzene rings is 1. The SMILES string of the molecule is CCNC(C)(C)c1nc2cc(Cl)ccc2o1. The summed E-state index contributed by atoms with van der Waals surface area (Å²) in [6.07, 6.45) is 0. The van der Waals surface area contributed by atoms with E-state index in [1.165, 1.54) is 0 Å². The van der Waals surface area contributed by atoms with Crippen LogP contribution in [-0.4, -0.2) is 11.5 Å². The van der Waals surface area contributed by atoms with Gasteiger partial charge in [-0.2, -0.15) is 0 Å². The Balaban J connectivity index is 2.46. The molecule has 2 aromatic rings. The number of hydrogen-bond acceptors (Lipinski definition) is 3. The maximum Gasteiger partial charge on any atom is 0.215 e. The summed E-state index contributed by atoms with van der Waals surface area (Å²) in [6.45, 7) is 7.01. The third-order valence-electron chi connectivity index (χ3n) is 2.50. The smallest absolute Gasteiger partial charge is 0.215 e. The number of halogens is 1. The Kier molecular flexibility index (Phi) is 2.91. The number of hydrogen-bond donors (Lipinski definition) is 1. The lowest BCUT2D eigenvalue weighted by Crippen LogP contribution is -2.36. The third-order valence-corrected chi connectivity index (χ3v) is 2.74. The summed E-state index contributed by atoms with van der Waals surface area (Å²) in [5, 5.41) is 4.00. The molecule has 2 rings (SSSR count). The van der Waals surface area contributed by atoms with Gasteiger partial charge in [0.05, 0.1) is 5.54 Å². The maximum atomic E-state index is 5.91. The highest BCUT2D eigenvalue weighted by Crippen LogP contribution is 2.25. The van der Waals surface area contributed by atoms with E-state index in [-0.39, 0.29) is 5.54 Å². The van der Waals surface area contributed by atoms with Crippen molar-refractivity contribution < 1.29 is 4.42 Å². The van der Waals surface area contributed by atoms with Gasteiger partial charge in [0.15, 0.2) is 5.58 Å². The van der Waals surface area contributed by atoms with E-state index < -0.39 is 0 Å². The molecule has 1 heterocycles. The van der Waals surface area contributed by atoms with Crippen LogP contribution in [0.4, 0.5) is 0 Å². The largest absolute Gasteiger partial charge is 0.439 e. The van der Waals surface area contributed by atoms with E-state index in [2.05, 4.69) is 17.2 Å². The van der Waals surface area contributed by atoms with Gasteiger partial charge < -0.3 is 9.73 Å². The molecule has 0 saturated heterocycles. The average Bonchev–Trinajstić information content (AvgIpc) is 2.61. The molecule has 86 valence electrons. The van der Waals surface area contributed by atoms with Gasteiger partial charge in [0.1, 0.15) is 5.52 Å². The molecular weight excluding hydrogens is 224 g/mol. The minimum Gasteiger partial charge on any atom is -0.439 e. The summed E-state index contributed by atoms with van der Waals surface area (Å²) in [4.78, 5) is 4.45. The van der Waals surface area contributed by atoms with Crippen molar-refractivity contribution in [2.75, 3.05) is 6.54 Å². The summed E-state index contributed by atoms with van der Waals surface area (Å²) in [6, 6.07) is 5.46. The minimum absolute atomic E-state index is 0.264. The zero-order valence-electron chi connectivity index (χ0n) is 9.67. The molecule has 1 N–H and O–H groups in total. The normalized spacial score (nSPS) is 12.2. The fourth-order valence-electron chi connectivity index (χ4n) is 1.69. The van der Waals surface area contributed by atoms with Crippen LogP contribution in [0.1, 0.15) is 26.7 Å². The Labute approximate surface area is 99.8 Å². The first-order chi connectivity index (χ1) is 7.53. The average molecular weight is 239 g/mol. The Bertz CT molecular complexity index is 505. The monoisotopic (exact) mass is 238 g/mol. The Morgan fingerprint density at radius 1 is 1.44 bits per heavy atom. The van der Waals surface area contributed by atoms with Gasteiger partial charge in [-0.1, -0.05) is 18.5 Å². The van der Waals surface area contributed by atoms with Gasteiger partial charge in [0.25, 0.3) is 0 Å². The second-order valence-corrected chi connectivity index (χ2v) is 4.72. The zero-order chi connectivity index (χ0) is 11.8. The van der Waals surface area contributed by atoms with Crippen molar-refractivity contribution in [2.24, 2.45) is 0 Å². The number of rotatable bonds is 3. The van der Waals surface area contributed by atoms with Crippen molar-refractivity contribution in [3.8, 4) is 0 Å². The maximum absolute atomic E-state index is 5.91. The summed E-state index contributed by atoms with van der Waals surface area (Å²) < 4.78 is 5.71. The quantitative estimate of drug-likeness (QED) is 0.892. The predicted octanol–water partition coefficient (Wildman–Crippen LogP) is 3.33. The van der Waals surface area contributed by atoms with E-state index >= 15 is 0 Å². The van der Waals surface area contributed by atoms with Crippen molar-refractivity contribution in [2.45, 2.75) is 26.3 Å². The Morgan fingerprint density at radius 2 is 2.19 bits per heavy atom. The molecule has 1 aromatic heterocycles. The van der Waals surface area contributed by atoms with Crippen molar-refractivity contribution >= 4 is 22.7 Å². The lowest BCUT2D eigenvalue weighted by atomic mass is 10.1. The van der Waals surface area contributed by atoms with Crippen LogP contribution in [0.5, 0.6) is 0 Å². The lowest BCUT2D eigenvalue weighted by molar-refractivity contribution is 0.323. The van der Waals surface area contributed by atoms with Gasteiger partial charge in [-0.25, -0.2) is 4.98 Å². The van der Waals surface area contributed by atoms with Gasteiger partial charge >= 0.3 is 0 Å². The van der Waals surface area contributed by atoms with E-state index in [1.54, 1.807) is 6.07 Å². The fraction of sp³-hybridized carbons (Fsp3) is 0.417. The highest BCUT2D eigenvalue weighted by atomic mass is 35.5. The molecule has 1 aromatic carbocycles. The molecule has 0 aliphatic rings. The van der Waals surface area contributed by atoms with Crippen LogP contribution < -0.4 is 5.32 Å². The molecule has 0 saturated carbocycles. The number of nitrogens with one attached hydrogen (secondary N) is 1. The standard InChI is InChI=1S/C12H15ClN2O/c1-4-14-12(2,3)11-15-9-7-8(13)5-6-10(9)16-11/h5-7,14H,4H2,1-3H3. The van der Waals surface area contributed by atoms with E-state index in [0.29, 0.717) is 10.9 Å². The number of aromatic nitrogens is 1. The van der Waals surface area contributed by atoms with Crippen LogP contribution in [0.3, 0.4) is 0 Å². The first-order valence-corrected chi connectivity index (χ1v) is 5.72. The van der Waals surface area contributed by atoms with Crippen molar-refractivity contribution in [3.05, 3.63) is 29.1 Å².